The molecule has 0 radical (unpaired) electrons. The van der Waals surface area contributed by atoms with E-state index in [1.165, 1.54) is 23.1 Å². The lowest BCUT2D eigenvalue weighted by Gasteiger charge is -2.10. The Morgan fingerprint density at radius 1 is 1.15 bits per heavy atom. The number of fused-ring (bicyclic) bond motifs is 1. The lowest BCUT2D eigenvalue weighted by atomic mass is 10.1. The van der Waals surface area contributed by atoms with Gasteiger partial charge in [-0.2, -0.15) is 0 Å². The predicted octanol–water partition coefficient (Wildman–Crippen LogP) is 2.19. The van der Waals surface area contributed by atoms with Crippen LogP contribution in [-0.2, 0) is 6.54 Å². The number of rotatable bonds is 7. The van der Waals surface area contributed by atoms with Gasteiger partial charge >= 0.3 is 0 Å². The number of nitrogens with one attached hydrogen (secondary N) is 1. The number of hydrogen-bond acceptors (Lipinski definition) is 3. The average Bonchev–Trinajstić information content (AvgIpc) is 2.76. The lowest BCUT2D eigenvalue weighted by Crippen LogP contribution is -2.24. The van der Waals surface area contributed by atoms with Crippen molar-refractivity contribution in [2.75, 3.05) is 33.7 Å². The molecule has 0 saturated heterocycles. The highest BCUT2D eigenvalue weighted by atomic mass is 15.1. The monoisotopic (exact) mass is 274 g/mol. The van der Waals surface area contributed by atoms with Crippen molar-refractivity contribution in [2.24, 2.45) is 0 Å². The van der Waals surface area contributed by atoms with Crippen LogP contribution >= 0.6 is 0 Å². The zero-order valence-electron chi connectivity index (χ0n) is 13.1. The first kappa shape index (κ1) is 15.0. The van der Waals surface area contributed by atoms with Crippen molar-refractivity contribution >= 4 is 11.0 Å². The molecule has 1 heterocycles. The summed E-state index contributed by atoms with van der Waals surface area (Å²) in [6.07, 6.45) is 3.14. The Kier molecular flexibility index (Phi) is 5.15. The second-order valence-electron chi connectivity index (χ2n) is 5.77. The first-order valence-corrected chi connectivity index (χ1v) is 7.35. The molecule has 1 aromatic carbocycles. The predicted molar refractivity (Wildman–Crippen MR) is 85.2 cm³/mol. The highest BCUT2D eigenvalue weighted by molar-refractivity contribution is 5.77. The molecule has 0 spiro atoms. The van der Waals surface area contributed by atoms with E-state index in [0.717, 1.165) is 31.7 Å². The van der Waals surface area contributed by atoms with Gasteiger partial charge in [0, 0.05) is 13.1 Å². The molecule has 0 fully saturated rings. The highest BCUT2D eigenvalue weighted by Crippen LogP contribution is 2.18. The first-order chi connectivity index (χ1) is 9.58. The average molecular weight is 274 g/mol. The normalized spacial score (nSPS) is 11.7. The summed E-state index contributed by atoms with van der Waals surface area (Å²) in [5.41, 5.74) is 4.98. The Morgan fingerprint density at radius 3 is 2.65 bits per heavy atom. The van der Waals surface area contributed by atoms with E-state index in [2.05, 4.69) is 59.8 Å². The van der Waals surface area contributed by atoms with Gasteiger partial charge in [-0.1, -0.05) is 0 Å². The van der Waals surface area contributed by atoms with Crippen molar-refractivity contribution in [3.05, 3.63) is 29.6 Å². The number of imidazole rings is 1. The maximum atomic E-state index is 4.49. The Labute approximate surface area is 121 Å². The molecule has 4 nitrogen and oxygen atoms in total. The first-order valence-electron chi connectivity index (χ1n) is 7.35. The molecule has 110 valence electrons. The number of benzene rings is 1. The standard InChI is InChI=1S/C16H26N4/c1-13-10-15-16(11-14(13)2)20(12-18-15)9-7-17-6-5-8-19(3)4/h10-12,17H,5-9H2,1-4H3. The molecule has 0 atom stereocenters. The molecule has 2 rings (SSSR count). The van der Waals surface area contributed by atoms with Gasteiger partial charge in [-0.3, -0.25) is 0 Å². The SMILES string of the molecule is Cc1cc2ncn(CCNCCCN(C)C)c2cc1C. The maximum absolute atomic E-state index is 4.49. The van der Waals surface area contributed by atoms with Gasteiger partial charge < -0.3 is 14.8 Å². The summed E-state index contributed by atoms with van der Waals surface area (Å²) in [5, 5.41) is 3.49. The highest BCUT2D eigenvalue weighted by Gasteiger charge is 2.04. The van der Waals surface area contributed by atoms with Crippen LogP contribution in [0.4, 0.5) is 0 Å². The molecule has 1 N–H and O–H groups in total. The van der Waals surface area contributed by atoms with Gasteiger partial charge in [-0.25, -0.2) is 4.98 Å². The smallest absolute Gasteiger partial charge is 0.0958 e. The van der Waals surface area contributed by atoms with Gasteiger partial charge in [0.05, 0.1) is 17.4 Å². The van der Waals surface area contributed by atoms with E-state index in [1.807, 2.05) is 6.33 Å². The van der Waals surface area contributed by atoms with Crippen LogP contribution in [0.2, 0.25) is 0 Å². The van der Waals surface area contributed by atoms with Crippen LogP contribution in [0.15, 0.2) is 18.5 Å². The molecular weight excluding hydrogens is 248 g/mol. The minimum absolute atomic E-state index is 0.973. The van der Waals surface area contributed by atoms with E-state index in [-0.39, 0.29) is 0 Å². The van der Waals surface area contributed by atoms with Gasteiger partial charge in [-0.15, -0.1) is 0 Å². The Balaban J connectivity index is 1.86. The zero-order chi connectivity index (χ0) is 14.5. The summed E-state index contributed by atoms with van der Waals surface area (Å²) in [6, 6.07) is 4.41. The van der Waals surface area contributed by atoms with E-state index in [0.29, 0.717) is 0 Å². The van der Waals surface area contributed by atoms with Crippen molar-refractivity contribution in [3.63, 3.8) is 0 Å². The summed E-state index contributed by atoms with van der Waals surface area (Å²) >= 11 is 0. The van der Waals surface area contributed by atoms with Crippen LogP contribution in [0.1, 0.15) is 17.5 Å². The Bertz CT molecular complexity index is 557. The Hall–Kier alpha value is -1.39. The van der Waals surface area contributed by atoms with E-state index >= 15 is 0 Å². The quantitative estimate of drug-likeness (QED) is 0.786. The van der Waals surface area contributed by atoms with E-state index in [9.17, 15) is 0 Å². The van der Waals surface area contributed by atoms with Crippen molar-refractivity contribution in [3.8, 4) is 0 Å². The third-order valence-corrected chi connectivity index (χ3v) is 3.72. The molecule has 4 heteroatoms. The molecular formula is C16H26N4. The summed E-state index contributed by atoms with van der Waals surface area (Å²) in [7, 11) is 4.23. The van der Waals surface area contributed by atoms with Crippen LogP contribution in [0.5, 0.6) is 0 Å². The molecule has 0 unspecified atom stereocenters. The second-order valence-corrected chi connectivity index (χ2v) is 5.77. The second kappa shape index (κ2) is 6.86. The molecule has 1 aromatic heterocycles. The third kappa shape index (κ3) is 3.81. The number of aryl methyl sites for hydroxylation is 2. The van der Waals surface area contributed by atoms with Gasteiger partial charge in [0.2, 0.25) is 0 Å². The zero-order valence-corrected chi connectivity index (χ0v) is 13.1. The van der Waals surface area contributed by atoms with Crippen molar-refractivity contribution in [1.29, 1.82) is 0 Å². The van der Waals surface area contributed by atoms with Crippen LogP contribution in [0, 0.1) is 13.8 Å². The van der Waals surface area contributed by atoms with Crippen molar-refractivity contribution < 1.29 is 0 Å². The van der Waals surface area contributed by atoms with Crippen molar-refractivity contribution in [1.82, 2.24) is 19.8 Å². The molecule has 0 aliphatic rings. The minimum atomic E-state index is 0.973. The van der Waals surface area contributed by atoms with E-state index in [4.69, 9.17) is 0 Å². The Morgan fingerprint density at radius 2 is 1.90 bits per heavy atom. The van der Waals surface area contributed by atoms with Gasteiger partial charge in [0.15, 0.2) is 0 Å². The van der Waals surface area contributed by atoms with Crippen LogP contribution in [-0.4, -0.2) is 48.2 Å². The number of aromatic nitrogens is 2. The third-order valence-electron chi connectivity index (χ3n) is 3.72. The van der Waals surface area contributed by atoms with Gasteiger partial charge in [0.25, 0.3) is 0 Å². The minimum Gasteiger partial charge on any atom is -0.329 e. The fourth-order valence-electron chi connectivity index (χ4n) is 2.34. The van der Waals surface area contributed by atoms with Crippen LogP contribution in [0.25, 0.3) is 11.0 Å². The van der Waals surface area contributed by atoms with Crippen molar-refractivity contribution in [2.45, 2.75) is 26.8 Å². The lowest BCUT2D eigenvalue weighted by molar-refractivity contribution is 0.393. The number of nitrogens with zero attached hydrogens (tertiary/aromatic N) is 3. The molecule has 0 aliphatic carbocycles. The molecule has 20 heavy (non-hydrogen) atoms. The molecule has 0 amide bonds. The number of hydrogen-bond donors (Lipinski definition) is 1. The largest absolute Gasteiger partial charge is 0.329 e. The van der Waals surface area contributed by atoms with Crippen LogP contribution in [0.3, 0.4) is 0 Å². The van der Waals surface area contributed by atoms with E-state index < -0.39 is 0 Å². The summed E-state index contributed by atoms with van der Waals surface area (Å²) < 4.78 is 2.24. The molecule has 0 aliphatic heterocycles. The fraction of sp³-hybridized carbons (Fsp3) is 0.562. The van der Waals surface area contributed by atoms with E-state index in [1.54, 1.807) is 0 Å². The molecule has 2 aromatic rings. The maximum Gasteiger partial charge on any atom is 0.0958 e. The van der Waals surface area contributed by atoms with Gasteiger partial charge in [-0.05, 0) is 70.7 Å². The molecule has 0 saturated carbocycles. The van der Waals surface area contributed by atoms with Crippen LogP contribution < -0.4 is 5.32 Å². The summed E-state index contributed by atoms with van der Waals surface area (Å²) in [5.74, 6) is 0. The topological polar surface area (TPSA) is 33.1 Å². The fourth-order valence-corrected chi connectivity index (χ4v) is 2.34. The summed E-state index contributed by atoms with van der Waals surface area (Å²) in [6.45, 7) is 8.47. The summed E-state index contributed by atoms with van der Waals surface area (Å²) in [4.78, 5) is 6.71. The van der Waals surface area contributed by atoms with Gasteiger partial charge in [0.1, 0.15) is 0 Å². The molecule has 0 bridgehead atoms.